The lowest BCUT2D eigenvalue weighted by molar-refractivity contribution is -0.126. The molecule has 1 aromatic carbocycles. The molecule has 0 fully saturated rings. The van der Waals surface area contributed by atoms with Crippen LogP contribution in [0.25, 0.3) is 5.76 Å². The molecule has 29 heavy (non-hydrogen) atoms. The Kier molecular flexibility index (Phi) is 6.75. The van der Waals surface area contributed by atoms with E-state index in [9.17, 15) is 14.4 Å². The van der Waals surface area contributed by atoms with Gasteiger partial charge in [0.05, 0.1) is 17.2 Å². The van der Waals surface area contributed by atoms with E-state index in [1.54, 1.807) is 19.1 Å². The number of amides is 2. The Bertz CT molecular complexity index is 1040. The maximum Gasteiger partial charge on any atom is 0.339 e. The lowest BCUT2D eigenvalue weighted by atomic mass is 9.96. The Hall–Kier alpha value is -3.63. The smallest absolute Gasteiger partial charge is 0.339 e. The number of halogens is 1. The molecule has 1 aliphatic rings. The molecule has 1 aromatic rings. The predicted octanol–water partition coefficient (Wildman–Crippen LogP) is 3.44. The summed E-state index contributed by atoms with van der Waals surface area (Å²) in [4.78, 5) is 35.7. The molecule has 0 spiro atoms. The molecule has 1 heterocycles. The second-order valence-electron chi connectivity index (χ2n) is 5.86. The zero-order valence-corrected chi connectivity index (χ0v) is 16.6. The van der Waals surface area contributed by atoms with Gasteiger partial charge in [-0.05, 0) is 43.7 Å². The number of carbonyl (C=O) groups is 3. The summed E-state index contributed by atoms with van der Waals surface area (Å²) in [5.41, 5.74) is 0.724. The molecule has 1 N–H and O–H groups in total. The number of ether oxygens (including phenoxy) is 2. The first-order chi connectivity index (χ1) is 13.7. The number of benzene rings is 1. The lowest BCUT2D eigenvalue weighted by Crippen LogP contribution is -2.37. The number of hydrogen-bond acceptors (Lipinski definition) is 6. The van der Waals surface area contributed by atoms with E-state index >= 15 is 0 Å². The quantitative estimate of drug-likeness (QED) is 0.332. The van der Waals surface area contributed by atoms with E-state index in [-0.39, 0.29) is 45.4 Å². The Morgan fingerprint density at radius 3 is 2.62 bits per heavy atom. The molecule has 0 radical (unpaired) electrons. The van der Waals surface area contributed by atoms with Crippen LogP contribution >= 0.6 is 11.6 Å². The third kappa shape index (κ3) is 4.81. The van der Waals surface area contributed by atoms with Crippen LogP contribution < -0.4 is 5.32 Å². The Labute approximate surface area is 172 Å². The summed E-state index contributed by atoms with van der Waals surface area (Å²) >= 11 is 6.04. The summed E-state index contributed by atoms with van der Waals surface area (Å²) < 4.78 is 10.5. The molecule has 0 aliphatic carbocycles. The van der Waals surface area contributed by atoms with Crippen molar-refractivity contribution in [1.29, 1.82) is 5.26 Å². The van der Waals surface area contributed by atoms with Gasteiger partial charge in [0.25, 0.3) is 11.8 Å². The number of nitrogens with one attached hydrogen (secondary N) is 1. The topological polar surface area (TPSA) is 105 Å². The summed E-state index contributed by atoms with van der Waals surface area (Å²) in [6, 6.07) is 6.32. The van der Waals surface area contributed by atoms with Crippen molar-refractivity contribution in [3.8, 4) is 6.07 Å². The van der Waals surface area contributed by atoms with E-state index < -0.39 is 17.8 Å². The van der Waals surface area contributed by atoms with Crippen molar-refractivity contribution in [3.05, 3.63) is 76.1 Å². The molecule has 0 aromatic heterocycles. The van der Waals surface area contributed by atoms with Crippen molar-refractivity contribution in [2.45, 2.75) is 13.8 Å². The summed E-state index contributed by atoms with van der Waals surface area (Å²) in [6.45, 7) is 10.9. The van der Waals surface area contributed by atoms with Gasteiger partial charge in [0, 0.05) is 11.1 Å². The first-order valence-electron chi connectivity index (χ1n) is 8.41. The van der Waals surface area contributed by atoms with E-state index in [1.807, 2.05) is 0 Å². The number of esters is 1. The van der Waals surface area contributed by atoms with Gasteiger partial charge in [-0.25, -0.2) is 4.79 Å². The maximum atomic E-state index is 12.1. The molecule has 148 valence electrons. The van der Waals surface area contributed by atoms with E-state index in [0.717, 1.165) is 0 Å². The van der Waals surface area contributed by atoms with Crippen LogP contribution in [0, 0.1) is 11.3 Å². The fraction of sp³-hybridized carbons (Fsp3) is 0.143. The minimum absolute atomic E-state index is 0.0405. The van der Waals surface area contributed by atoms with Gasteiger partial charge in [-0.2, -0.15) is 5.26 Å². The van der Waals surface area contributed by atoms with Gasteiger partial charge < -0.3 is 9.47 Å². The van der Waals surface area contributed by atoms with Gasteiger partial charge in [0.1, 0.15) is 23.2 Å². The molecule has 0 bridgehead atoms. The van der Waals surface area contributed by atoms with Crippen LogP contribution in [-0.2, 0) is 19.1 Å². The number of nitrogens with zero attached hydrogens (tertiary/aromatic N) is 1. The maximum absolute atomic E-state index is 12.1. The molecular formula is C21H17ClN2O5. The standard InChI is InChI=1S/C21H17ClN2O5/c1-5-28-21(27)16-9-14(6-7-18(16)22)13(4)29-11(2)8-15-12(3)17(10-23)20(26)24-19(15)25/h6-9H,2,4-5H2,1,3H3,(H,24,25,26)/b15-8+. The van der Waals surface area contributed by atoms with Gasteiger partial charge >= 0.3 is 5.97 Å². The molecule has 0 unspecified atom stereocenters. The number of allylic oxidation sites excluding steroid dienone is 1. The fourth-order valence-electron chi connectivity index (χ4n) is 2.49. The van der Waals surface area contributed by atoms with Crippen molar-refractivity contribution in [3.63, 3.8) is 0 Å². The Morgan fingerprint density at radius 2 is 2.00 bits per heavy atom. The normalized spacial score (nSPS) is 14.9. The van der Waals surface area contributed by atoms with Gasteiger partial charge in [-0.3, -0.25) is 14.9 Å². The highest BCUT2D eigenvalue weighted by Gasteiger charge is 2.27. The zero-order chi connectivity index (χ0) is 21.7. The highest BCUT2D eigenvalue weighted by molar-refractivity contribution is 6.33. The molecular weight excluding hydrogens is 396 g/mol. The summed E-state index contributed by atoms with van der Waals surface area (Å²) in [5.74, 6) is -1.82. The van der Waals surface area contributed by atoms with Crippen LogP contribution in [-0.4, -0.2) is 24.4 Å². The van der Waals surface area contributed by atoms with Crippen LogP contribution in [0.3, 0.4) is 0 Å². The van der Waals surface area contributed by atoms with Crippen LogP contribution in [0.4, 0.5) is 0 Å². The minimum Gasteiger partial charge on any atom is -0.462 e. The third-order valence-corrected chi connectivity index (χ3v) is 4.26. The van der Waals surface area contributed by atoms with Crippen LogP contribution in [0.5, 0.6) is 0 Å². The van der Waals surface area contributed by atoms with Crippen LogP contribution in [0.15, 0.2) is 59.9 Å². The van der Waals surface area contributed by atoms with Gasteiger partial charge in [0.2, 0.25) is 0 Å². The highest BCUT2D eigenvalue weighted by Crippen LogP contribution is 2.26. The van der Waals surface area contributed by atoms with Crippen molar-refractivity contribution >= 4 is 35.1 Å². The predicted molar refractivity (Wildman–Crippen MR) is 106 cm³/mol. The molecule has 0 saturated carbocycles. The largest absolute Gasteiger partial charge is 0.462 e. The highest BCUT2D eigenvalue weighted by atomic mass is 35.5. The number of hydrogen-bond donors (Lipinski definition) is 1. The fourth-order valence-corrected chi connectivity index (χ4v) is 2.68. The Morgan fingerprint density at radius 1 is 1.31 bits per heavy atom. The minimum atomic E-state index is -0.754. The number of rotatable bonds is 6. The summed E-state index contributed by atoms with van der Waals surface area (Å²) in [6.07, 6.45) is 1.29. The molecule has 2 amide bonds. The van der Waals surface area contributed by atoms with Crippen molar-refractivity contribution in [2.24, 2.45) is 0 Å². The van der Waals surface area contributed by atoms with Gasteiger partial charge in [-0.15, -0.1) is 0 Å². The molecule has 7 nitrogen and oxygen atoms in total. The van der Waals surface area contributed by atoms with E-state index in [2.05, 4.69) is 18.5 Å². The Balaban J connectivity index is 2.26. The van der Waals surface area contributed by atoms with Gasteiger partial charge in [-0.1, -0.05) is 24.8 Å². The SMILES string of the molecule is C=C(/C=C1/C(=O)NC(=O)C(C#N)=C1C)OC(=C)c1ccc(Cl)c(C(=O)OCC)c1. The zero-order valence-electron chi connectivity index (χ0n) is 15.8. The number of carbonyl (C=O) groups excluding carboxylic acids is 3. The summed E-state index contributed by atoms with van der Waals surface area (Å²) in [5, 5.41) is 11.4. The number of nitriles is 1. The third-order valence-electron chi connectivity index (χ3n) is 3.93. The van der Waals surface area contributed by atoms with Crippen molar-refractivity contribution in [1.82, 2.24) is 5.32 Å². The second-order valence-corrected chi connectivity index (χ2v) is 6.27. The van der Waals surface area contributed by atoms with Crippen molar-refractivity contribution < 1.29 is 23.9 Å². The van der Waals surface area contributed by atoms with E-state index in [0.29, 0.717) is 5.56 Å². The first kappa shape index (κ1) is 21.7. The van der Waals surface area contributed by atoms with E-state index in [4.69, 9.17) is 26.3 Å². The van der Waals surface area contributed by atoms with E-state index in [1.165, 1.54) is 25.1 Å². The summed E-state index contributed by atoms with van der Waals surface area (Å²) in [7, 11) is 0. The lowest BCUT2D eigenvalue weighted by Gasteiger charge is -2.17. The monoisotopic (exact) mass is 412 g/mol. The first-order valence-corrected chi connectivity index (χ1v) is 8.78. The van der Waals surface area contributed by atoms with Crippen LogP contribution in [0.2, 0.25) is 5.02 Å². The van der Waals surface area contributed by atoms with Crippen molar-refractivity contribution in [2.75, 3.05) is 6.61 Å². The molecule has 8 heteroatoms. The molecule has 2 rings (SSSR count). The molecule has 1 aliphatic heterocycles. The molecule has 0 atom stereocenters. The average Bonchev–Trinajstić information content (AvgIpc) is 2.65. The number of imide groups is 1. The molecule has 0 saturated heterocycles. The van der Waals surface area contributed by atoms with Gasteiger partial charge in [0.15, 0.2) is 0 Å². The van der Waals surface area contributed by atoms with Crippen LogP contribution in [0.1, 0.15) is 29.8 Å². The second kappa shape index (κ2) is 9.04. The average molecular weight is 413 g/mol.